The minimum absolute atomic E-state index is 0.00853. The molecule has 0 radical (unpaired) electrons. The highest BCUT2D eigenvalue weighted by Crippen LogP contribution is 2.21. The van der Waals surface area contributed by atoms with E-state index in [1.807, 2.05) is 0 Å². The second-order valence-corrected chi connectivity index (χ2v) is 6.68. The molecule has 2 aromatic carbocycles. The SMILES string of the molecule is Cc1ccc([N+](=O)[O-])cc1S(=O)(=O)NCCc1ccccc1F. The van der Waals surface area contributed by atoms with E-state index in [1.54, 1.807) is 25.1 Å². The van der Waals surface area contributed by atoms with Gasteiger partial charge in [0.2, 0.25) is 10.0 Å². The number of halogens is 1. The molecule has 0 spiro atoms. The van der Waals surface area contributed by atoms with Gasteiger partial charge in [-0.25, -0.2) is 17.5 Å². The fourth-order valence-corrected chi connectivity index (χ4v) is 3.38. The fraction of sp³-hybridized carbons (Fsp3) is 0.200. The summed E-state index contributed by atoms with van der Waals surface area (Å²) in [5.41, 5.74) is 0.491. The second kappa shape index (κ2) is 6.84. The average Bonchev–Trinajstić information content (AvgIpc) is 2.49. The molecule has 0 unspecified atom stereocenters. The summed E-state index contributed by atoms with van der Waals surface area (Å²) < 4.78 is 40.4. The van der Waals surface area contributed by atoms with Gasteiger partial charge in [-0.1, -0.05) is 24.3 Å². The molecule has 23 heavy (non-hydrogen) atoms. The number of non-ortho nitro benzene ring substituents is 1. The predicted octanol–water partition coefficient (Wildman–Crippen LogP) is 2.56. The first kappa shape index (κ1) is 17.0. The van der Waals surface area contributed by atoms with Crippen molar-refractivity contribution in [2.45, 2.75) is 18.2 Å². The first-order valence-corrected chi connectivity index (χ1v) is 8.27. The molecule has 2 rings (SSSR count). The number of sulfonamides is 1. The lowest BCUT2D eigenvalue weighted by Gasteiger charge is -2.09. The van der Waals surface area contributed by atoms with Crippen molar-refractivity contribution >= 4 is 15.7 Å². The third kappa shape index (κ3) is 4.11. The number of nitro groups is 1. The highest BCUT2D eigenvalue weighted by atomic mass is 32.2. The van der Waals surface area contributed by atoms with Crippen molar-refractivity contribution in [2.24, 2.45) is 0 Å². The zero-order valence-electron chi connectivity index (χ0n) is 12.3. The number of rotatable bonds is 6. The Bertz CT molecular complexity index is 837. The Morgan fingerprint density at radius 2 is 1.91 bits per heavy atom. The maximum absolute atomic E-state index is 13.5. The van der Waals surface area contributed by atoms with Crippen LogP contribution in [0.1, 0.15) is 11.1 Å². The normalized spacial score (nSPS) is 11.4. The molecular formula is C15H15FN2O4S. The lowest BCUT2D eigenvalue weighted by atomic mass is 10.1. The van der Waals surface area contributed by atoms with Crippen LogP contribution in [0.4, 0.5) is 10.1 Å². The topological polar surface area (TPSA) is 89.3 Å². The van der Waals surface area contributed by atoms with Gasteiger partial charge in [-0.05, 0) is 30.5 Å². The van der Waals surface area contributed by atoms with E-state index in [4.69, 9.17) is 0 Å². The standard InChI is InChI=1S/C15H15FN2O4S/c1-11-6-7-13(18(19)20)10-15(11)23(21,22)17-9-8-12-4-2-3-5-14(12)16/h2-7,10,17H,8-9H2,1H3. The first-order valence-electron chi connectivity index (χ1n) is 6.79. The number of hydrogen-bond donors (Lipinski definition) is 1. The highest BCUT2D eigenvalue weighted by Gasteiger charge is 2.20. The van der Waals surface area contributed by atoms with Crippen LogP contribution in [0, 0.1) is 22.9 Å². The summed E-state index contributed by atoms with van der Waals surface area (Å²) in [5.74, 6) is -0.404. The van der Waals surface area contributed by atoms with Gasteiger partial charge in [0, 0.05) is 18.7 Å². The molecule has 2 aromatic rings. The van der Waals surface area contributed by atoms with Gasteiger partial charge >= 0.3 is 0 Å². The van der Waals surface area contributed by atoms with Gasteiger partial charge in [-0.2, -0.15) is 0 Å². The Morgan fingerprint density at radius 1 is 1.22 bits per heavy atom. The maximum Gasteiger partial charge on any atom is 0.270 e. The largest absolute Gasteiger partial charge is 0.270 e. The van der Waals surface area contributed by atoms with Crippen LogP contribution in [0.3, 0.4) is 0 Å². The summed E-state index contributed by atoms with van der Waals surface area (Å²) in [6, 6.07) is 9.72. The lowest BCUT2D eigenvalue weighted by Crippen LogP contribution is -2.27. The number of nitrogens with zero attached hydrogens (tertiary/aromatic N) is 1. The quantitative estimate of drug-likeness (QED) is 0.647. The second-order valence-electron chi connectivity index (χ2n) is 4.95. The molecule has 0 aliphatic heterocycles. The zero-order chi connectivity index (χ0) is 17.0. The van der Waals surface area contributed by atoms with Crippen molar-refractivity contribution in [3.63, 3.8) is 0 Å². The van der Waals surface area contributed by atoms with Crippen molar-refractivity contribution < 1.29 is 17.7 Å². The van der Waals surface area contributed by atoms with E-state index < -0.39 is 20.8 Å². The summed E-state index contributed by atoms with van der Waals surface area (Å²) in [5, 5.41) is 10.8. The van der Waals surface area contributed by atoms with E-state index in [9.17, 15) is 22.9 Å². The summed E-state index contributed by atoms with van der Waals surface area (Å²) in [7, 11) is -3.91. The van der Waals surface area contributed by atoms with E-state index in [-0.39, 0.29) is 23.5 Å². The van der Waals surface area contributed by atoms with Crippen LogP contribution in [0.2, 0.25) is 0 Å². The van der Waals surface area contributed by atoms with Crippen molar-refractivity contribution in [1.82, 2.24) is 4.72 Å². The van der Waals surface area contributed by atoms with Gasteiger partial charge in [-0.3, -0.25) is 10.1 Å². The molecule has 0 saturated heterocycles. The van der Waals surface area contributed by atoms with Crippen molar-refractivity contribution in [1.29, 1.82) is 0 Å². The van der Waals surface area contributed by atoms with Gasteiger partial charge in [-0.15, -0.1) is 0 Å². The van der Waals surface area contributed by atoms with Crippen LogP contribution in [0.15, 0.2) is 47.4 Å². The number of aryl methyl sites for hydroxylation is 1. The van der Waals surface area contributed by atoms with Crippen LogP contribution in [-0.2, 0) is 16.4 Å². The number of nitro benzene ring substituents is 1. The van der Waals surface area contributed by atoms with Gasteiger partial charge in [0.25, 0.3) is 5.69 Å². The monoisotopic (exact) mass is 338 g/mol. The number of nitrogens with one attached hydrogen (secondary N) is 1. The maximum atomic E-state index is 13.5. The molecule has 0 aliphatic carbocycles. The Hall–Kier alpha value is -2.32. The molecule has 122 valence electrons. The fourth-order valence-electron chi connectivity index (χ4n) is 2.09. The molecule has 0 aliphatic rings. The minimum atomic E-state index is -3.91. The predicted molar refractivity (Wildman–Crippen MR) is 83.1 cm³/mol. The Kier molecular flexibility index (Phi) is 5.07. The van der Waals surface area contributed by atoms with Gasteiger partial charge < -0.3 is 0 Å². The molecule has 0 saturated carbocycles. The Balaban J connectivity index is 2.15. The third-order valence-electron chi connectivity index (χ3n) is 3.32. The van der Waals surface area contributed by atoms with E-state index in [0.717, 1.165) is 6.07 Å². The molecule has 0 fully saturated rings. The van der Waals surface area contributed by atoms with Crippen LogP contribution >= 0.6 is 0 Å². The van der Waals surface area contributed by atoms with E-state index in [0.29, 0.717) is 11.1 Å². The summed E-state index contributed by atoms with van der Waals surface area (Å²) >= 11 is 0. The van der Waals surface area contributed by atoms with Crippen LogP contribution in [0.5, 0.6) is 0 Å². The van der Waals surface area contributed by atoms with Crippen molar-refractivity contribution in [3.05, 3.63) is 69.5 Å². The molecule has 0 amide bonds. The molecule has 0 aromatic heterocycles. The third-order valence-corrected chi connectivity index (χ3v) is 4.92. The Morgan fingerprint density at radius 3 is 2.57 bits per heavy atom. The average molecular weight is 338 g/mol. The summed E-state index contributed by atoms with van der Waals surface area (Å²) in [4.78, 5) is 9.97. The van der Waals surface area contributed by atoms with E-state index in [1.165, 1.54) is 18.2 Å². The van der Waals surface area contributed by atoms with Crippen LogP contribution in [0.25, 0.3) is 0 Å². The van der Waals surface area contributed by atoms with Gasteiger partial charge in [0.15, 0.2) is 0 Å². The molecule has 6 nitrogen and oxygen atoms in total. The molecule has 0 atom stereocenters. The first-order chi connectivity index (χ1) is 10.8. The Labute approximate surface area is 133 Å². The number of benzene rings is 2. The van der Waals surface area contributed by atoms with E-state index >= 15 is 0 Å². The minimum Gasteiger partial charge on any atom is -0.258 e. The molecule has 8 heteroatoms. The zero-order valence-corrected chi connectivity index (χ0v) is 13.1. The smallest absolute Gasteiger partial charge is 0.258 e. The van der Waals surface area contributed by atoms with Crippen LogP contribution < -0.4 is 4.72 Å². The molecule has 0 heterocycles. The van der Waals surface area contributed by atoms with Crippen molar-refractivity contribution in [3.8, 4) is 0 Å². The van der Waals surface area contributed by atoms with Gasteiger partial charge in [0.1, 0.15) is 5.82 Å². The lowest BCUT2D eigenvalue weighted by molar-refractivity contribution is -0.385. The molecule has 1 N–H and O–H groups in total. The highest BCUT2D eigenvalue weighted by molar-refractivity contribution is 7.89. The van der Waals surface area contributed by atoms with Crippen molar-refractivity contribution in [2.75, 3.05) is 6.54 Å². The number of hydrogen-bond acceptors (Lipinski definition) is 4. The summed E-state index contributed by atoms with van der Waals surface area (Å²) in [6.07, 6.45) is 0.180. The molecule has 0 bridgehead atoms. The van der Waals surface area contributed by atoms with Gasteiger partial charge in [0.05, 0.1) is 9.82 Å². The van der Waals surface area contributed by atoms with E-state index in [2.05, 4.69) is 4.72 Å². The van der Waals surface area contributed by atoms with Crippen LogP contribution in [-0.4, -0.2) is 19.9 Å². The summed E-state index contributed by atoms with van der Waals surface area (Å²) in [6.45, 7) is 1.54. The molecular weight excluding hydrogens is 323 g/mol.